The van der Waals surface area contributed by atoms with Crippen LogP contribution >= 0.6 is 0 Å². The molecule has 0 saturated heterocycles. The lowest BCUT2D eigenvalue weighted by atomic mass is 9.76. The Morgan fingerprint density at radius 1 is 0.184 bits per heavy atom. The number of benzene rings is 14. The van der Waals surface area contributed by atoms with Gasteiger partial charge >= 0.3 is 0 Å². The topological polar surface area (TPSA) is 6.48 Å². The molecule has 2 heteroatoms. The van der Waals surface area contributed by atoms with E-state index in [1.807, 2.05) is 0 Å². The Morgan fingerprint density at radius 2 is 0.487 bits per heavy atom. The van der Waals surface area contributed by atoms with Crippen LogP contribution in [-0.2, 0) is 0 Å². The molecule has 0 N–H and O–H groups in total. The number of anilines is 6. The van der Waals surface area contributed by atoms with Crippen molar-refractivity contribution in [2.24, 2.45) is 0 Å². The molecule has 14 aromatic carbocycles. The van der Waals surface area contributed by atoms with E-state index in [2.05, 4.69) is 313 Å². The summed E-state index contributed by atoms with van der Waals surface area (Å²) in [6.45, 7) is 0. The van der Waals surface area contributed by atoms with Gasteiger partial charge in [-0.05, 0) is 148 Å². The van der Waals surface area contributed by atoms with Crippen LogP contribution in [0, 0.1) is 0 Å². The molecule has 0 radical (unpaired) electrons. The molecule has 0 spiro atoms. The van der Waals surface area contributed by atoms with Crippen molar-refractivity contribution in [2.45, 2.75) is 0 Å². The second kappa shape index (κ2) is 19.1. The van der Waals surface area contributed by atoms with Gasteiger partial charge in [0, 0.05) is 33.5 Å². The van der Waals surface area contributed by atoms with Gasteiger partial charge in [-0.3, -0.25) is 0 Å². The minimum atomic E-state index is 1.07. The Hall–Kier alpha value is -10.0. The SMILES string of the molecule is c1ccc(-c2c(-c3ccccc3)c(-c3ccccc3)c3c4ccc(N(c5ccccc5)c5cccc6ccccc56)cc4c4cc(N(c5ccccc5)c5cccc6ccccc56)ccc4c3c2-c2ccccc2)cc1. The lowest BCUT2D eigenvalue weighted by Crippen LogP contribution is -2.11. The molecule has 0 aliphatic rings. The average molecular weight is 967 g/mol. The molecule has 0 aromatic heterocycles. The van der Waals surface area contributed by atoms with Crippen LogP contribution in [0.25, 0.3) is 98.4 Å². The number of hydrogen-bond donors (Lipinski definition) is 0. The highest BCUT2D eigenvalue weighted by Crippen LogP contribution is 2.56. The van der Waals surface area contributed by atoms with Gasteiger partial charge < -0.3 is 9.80 Å². The predicted octanol–water partition coefficient (Wildman–Crippen LogP) is 21.1. The Kier molecular flexibility index (Phi) is 11.2. The van der Waals surface area contributed by atoms with E-state index in [4.69, 9.17) is 0 Å². The van der Waals surface area contributed by atoms with Crippen molar-refractivity contribution in [3.8, 4) is 44.5 Å². The largest absolute Gasteiger partial charge is 0.310 e. The maximum atomic E-state index is 2.46. The van der Waals surface area contributed by atoms with E-state index >= 15 is 0 Å². The van der Waals surface area contributed by atoms with Crippen molar-refractivity contribution in [3.05, 3.63) is 303 Å². The second-order valence-corrected chi connectivity index (χ2v) is 19.5. The fraction of sp³-hybridized carbons (Fsp3) is 0. The average Bonchev–Trinajstić information content (AvgIpc) is 3.67. The summed E-state index contributed by atoms with van der Waals surface area (Å²) < 4.78 is 0. The van der Waals surface area contributed by atoms with Crippen LogP contribution in [0.3, 0.4) is 0 Å². The van der Waals surface area contributed by atoms with Gasteiger partial charge in [-0.25, -0.2) is 0 Å². The third-order valence-corrected chi connectivity index (χ3v) is 15.1. The molecular weight excluding hydrogens is 917 g/mol. The summed E-state index contributed by atoms with van der Waals surface area (Å²) in [6, 6.07) is 111. The number of fused-ring (bicyclic) bond motifs is 8. The van der Waals surface area contributed by atoms with Gasteiger partial charge in [0.15, 0.2) is 0 Å². The molecule has 0 amide bonds. The van der Waals surface area contributed by atoms with Gasteiger partial charge in [-0.2, -0.15) is 0 Å². The van der Waals surface area contributed by atoms with Crippen LogP contribution in [0.15, 0.2) is 303 Å². The molecule has 0 saturated carbocycles. The Balaban J connectivity index is 1.20. The van der Waals surface area contributed by atoms with Crippen LogP contribution < -0.4 is 9.80 Å². The van der Waals surface area contributed by atoms with Crippen LogP contribution in [0.2, 0.25) is 0 Å². The van der Waals surface area contributed by atoms with Gasteiger partial charge in [0.1, 0.15) is 0 Å². The van der Waals surface area contributed by atoms with Crippen molar-refractivity contribution < 1.29 is 0 Å². The predicted molar refractivity (Wildman–Crippen MR) is 325 cm³/mol. The molecular formula is C74H50N2. The van der Waals surface area contributed by atoms with Crippen molar-refractivity contribution in [1.29, 1.82) is 0 Å². The summed E-state index contributed by atoms with van der Waals surface area (Å²) in [5.74, 6) is 0. The van der Waals surface area contributed by atoms with Crippen molar-refractivity contribution >= 4 is 88.0 Å². The molecule has 0 aliphatic carbocycles. The lowest BCUT2D eigenvalue weighted by molar-refractivity contribution is 1.30. The Labute approximate surface area is 443 Å². The number of nitrogens with zero attached hydrogens (tertiary/aromatic N) is 2. The van der Waals surface area contributed by atoms with Gasteiger partial charge in [-0.1, -0.05) is 243 Å². The van der Waals surface area contributed by atoms with E-state index < -0.39 is 0 Å². The van der Waals surface area contributed by atoms with Crippen molar-refractivity contribution in [1.82, 2.24) is 0 Å². The van der Waals surface area contributed by atoms with Gasteiger partial charge in [0.2, 0.25) is 0 Å². The summed E-state index contributed by atoms with van der Waals surface area (Å²) in [5.41, 5.74) is 16.1. The maximum absolute atomic E-state index is 2.46. The third kappa shape index (κ3) is 7.66. The van der Waals surface area contributed by atoms with Crippen molar-refractivity contribution in [2.75, 3.05) is 9.80 Å². The van der Waals surface area contributed by atoms with Gasteiger partial charge in [0.25, 0.3) is 0 Å². The first-order valence-electron chi connectivity index (χ1n) is 26.2. The number of rotatable bonds is 10. The molecule has 0 atom stereocenters. The molecule has 0 bridgehead atoms. The van der Waals surface area contributed by atoms with E-state index in [0.29, 0.717) is 0 Å². The van der Waals surface area contributed by atoms with E-state index in [9.17, 15) is 0 Å². The van der Waals surface area contributed by atoms with Crippen LogP contribution in [-0.4, -0.2) is 0 Å². The van der Waals surface area contributed by atoms with Crippen LogP contribution in [0.4, 0.5) is 34.1 Å². The first kappa shape index (κ1) is 44.7. The third-order valence-electron chi connectivity index (χ3n) is 15.1. The fourth-order valence-corrected chi connectivity index (χ4v) is 11.9. The summed E-state index contributed by atoms with van der Waals surface area (Å²) in [6.07, 6.45) is 0. The molecule has 14 rings (SSSR count). The lowest BCUT2D eigenvalue weighted by Gasteiger charge is -2.30. The molecule has 356 valence electrons. The number of para-hydroxylation sites is 2. The Bertz CT molecular complexity index is 4130. The van der Waals surface area contributed by atoms with E-state index in [0.717, 1.165) is 56.0 Å². The summed E-state index contributed by atoms with van der Waals surface area (Å²) in [4.78, 5) is 4.88. The zero-order valence-corrected chi connectivity index (χ0v) is 41.8. The summed E-state index contributed by atoms with van der Waals surface area (Å²) >= 11 is 0. The highest BCUT2D eigenvalue weighted by atomic mass is 15.1. The smallest absolute Gasteiger partial charge is 0.0540 e. The summed E-state index contributed by atoms with van der Waals surface area (Å²) in [5, 5.41) is 11.9. The monoisotopic (exact) mass is 966 g/mol. The molecule has 2 nitrogen and oxygen atoms in total. The molecule has 0 heterocycles. The Morgan fingerprint density at radius 3 is 0.855 bits per heavy atom. The molecule has 0 fully saturated rings. The number of hydrogen-bond acceptors (Lipinski definition) is 2. The molecule has 14 aromatic rings. The summed E-state index contributed by atoms with van der Waals surface area (Å²) in [7, 11) is 0. The standard InChI is InChI=1S/C74H50N2/c1-7-27-53(28-8-1)69-70(54-29-9-2-10-30-54)72(56-33-13-4-14-34-56)74-64-48-46-60(76(58-39-17-6-18-40-58)68-44-24-36-52-26-20-22-42-62(52)68)50-66(64)65-49-59(45-47-63(65)73(74)71(69)55-31-11-3-12-32-55)75(57-37-15-5-16-38-57)67-43-23-35-51-25-19-21-41-61(51)67/h1-50H. The second-order valence-electron chi connectivity index (χ2n) is 19.5. The van der Waals surface area contributed by atoms with Gasteiger partial charge in [0.05, 0.1) is 11.4 Å². The maximum Gasteiger partial charge on any atom is 0.0540 e. The van der Waals surface area contributed by atoms with Crippen molar-refractivity contribution in [3.63, 3.8) is 0 Å². The van der Waals surface area contributed by atoms with Crippen LogP contribution in [0.1, 0.15) is 0 Å². The molecule has 0 aliphatic heterocycles. The minimum Gasteiger partial charge on any atom is -0.310 e. The zero-order valence-electron chi connectivity index (χ0n) is 41.8. The first-order valence-corrected chi connectivity index (χ1v) is 26.2. The van der Waals surface area contributed by atoms with E-state index in [-0.39, 0.29) is 0 Å². The van der Waals surface area contributed by atoms with E-state index in [1.165, 1.54) is 76.5 Å². The van der Waals surface area contributed by atoms with Crippen LogP contribution in [0.5, 0.6) is 0 Å². The first-order chi connectivity index (χ1) is 37.8. The van der Waals surface area contributed by atoms with E-state index in [1.54, 1.807) is 0 Å². The van der Waals surface area contributed by atoms with Gasteiger partial charge in [-0.15, -0.1) is 0 Å². The minimum absolute atomic E-state index is 1.07. The fourth-order valence-electron chi connectivity index (χ4n) is 11.9. The highest BCUT2D eigenvalue weighted by Gasteiger charge is 2.28. The molecule has 0 unspecified atom stereocenters. The highest BCUT2D eigenvalue weighted by molar-refractivity contribution is 6.36. The normalized spacial score (nSPS) is 11.4. The molecule has 76 heavy (non-hydrogen) atoms. The zero-order chi connectivity index (χ0) is 50.4. The quantitative estimate of drug-likeness (QED) is 0.126.